The molecular weight excluding hydrogens is 208 g/mol. The van der Waals surface area contributed by atoms with E-state index in [4.69, 9.17) is 12.2 Å². The van der Waals surface area contributed by atoms with Gasteiger partial charge in [0.25, 0.3) is 0 Å². The Bertz CT molecular complexity index is 319. The van der Waals surface area contributed by atoms with Gasteiger partial charge in [-0.3, -0.25) is 4.68 Å². The van der Waals surface area contributed by atoms with E-state index in [0.717, 1.165) is 18.9 Å². The molecule has 15 heavy (non-hydrogen) atoms. The van der Waals surface area contributed by atoms with Gasteiger partial charge >= 0.3 is 0 Å². The van der Waals surface area contributed by atoms with Crippen LogP contribution in [0.4, 0.5) is 5.82 Å². The maximum absolute atomic E-state index is 5.13. The van der Waals surface area contributed by atoms with Crippen molar-refractivity contribution in [2.45, 2.75) is 27.3 Å². The lowest BCUT2D eigenvalue weighted by atomic mass is 10.2. The van der Waals surface area contributed by atoms with E-state index in [2.05, 4.69) is 29.6 Å². The lowest BCUT2D eigenvalue weighted by Gasteiger charge is -2.10. The highest BCUT2D eigenvalue weighted by Gasteiger charge is 2.01. The van der Waals surface area contributed by atoms with Crippen LogP contribution in [0.5, 0.6) is 0 Å². The van der Waals surface area contributed by atoms with Crippen LogP contribution in [-0.4, -0.2) is 21.4 Å². The van der Waals surface area contributed by atoms with Crippen molar-refractivity contribution in [2.75, 3.05) is 11.9 Å². The van der Waals surface area contributed by atoms with Crippen LogP contribution in [0.2, 0.25) is 0 Å². The number of aromatic nitrogens is 2. The van der Waals surface area contributed by atoms with Gasteiger partial charge < -0.3 is 10.6 Å². The van der Waals surface area contributed by atoms with Gasteiger partial charge in [-0.2, -0.15) is 5.10 Å². The molecule has 0 aliphatic rings. The quantitative estimate of drug-likeness (QED) is 0.769. The number of hydrogen-bond donors (Lipinski definition) is 2. The molecule has 0 aliphatic carbocycles. The number of nitrogens with zero attached hydrogens (tertiary/aromatic N) is 2. The number of aryl methyl sites for hydroxylation is 1. The molecule has 0 saturated carbocycles. The molecule has 84 valence electrons. The molecule has 0 bridgehead atoms. The van der Waals surface area contributed by atoms with Gasteiger partial charge in [-0.1, -0.05) is 13.8 Å². The van der Waals surface area contributed by atoms with E-state index in [1.807, 2.05) is 23.9 Å². The number of hydrogen-bond acceptors (Lipinski definition) is 2. The molecule has 0 spiro atoms. The molecule has 0 radical (unpaired) electrons. The highest BCUT2D eigenvalue weighted by atomic mass is 32.1. The van der Waals surface area contributed by atoms with Gasteiger partial charge in [-0.05, 0) is 25.1 Å². The third-order valence-corrected chi connectivity index (χ3v) is 2.12. The maximum atomic E-state index is 5.13. The largest absolute Gasteiger partial charge is 0.362 e. The Morgan fingerprint density at radius 2 is 2.33 bits per heavy atom. The van der Waals surface area contributed by atoms with Crippen molar-refractivity contribution >= 4 is 23.1 Å². The Labute approximate surface area is 96.1 Å². The van der Waals surface area contributed by atoms with Gasteiger partial charge in [0.2, 0.25) is 0 Å². The summed E-state index contributed by atoms with van der Waals surface area (Å²) in [6.45, 7) is 8.07. The Hall–Kier alpha value is -1.10. The molecule has 0 saturated heterocycles. The minimum atomic E-state index is 0.581. The minimum Gasteiger partial charge on any atom is -0.362 e. The average molecular weight is 226 g/mol. The van der Waals surface area contributed by atoms with E-state index in [0.29, 0.717) is 11.0 Å². The molecule has 0 amide bonds. The molecule has 0 aromatic carbocycles. The van der Waals surface area contributed by atoms with Crippen molar-refractivity contribution in [1.82, 2.24) is 15.1 Å². The van der Waals surface area contributed by atoms with Crippen LogP contribution < -0.4 is 10.6 Å². The summed E-state index contributed by atoms with van der Waals surface area (Å²) in [5, 5.41) is 11.1. The van der Waals surface area contributed by atoms with Crippen molar-refractivity contribution in [2.24, 2.45) is 5.92 Å². The smallest absolute Gasteiger partial charge is 0.171 e. The maximum Gasteiger partial charge on any atom is 0.171 e. The summed E-state index contributed by atoms with van der Waals surface area (Å²) in [6, 6.07) is 1.91. The Balaban J connectivity index is 2.37. The van der Waals surface area contributed by atoms with Crippen LogP contribution >= 0.6 is 12.2 Å². The van der Waals surface area contributed by atoms with Crippen molar-refractivity contribution in [3.05, 3.63) is 12.3 Å². The zero-order chi connectivity index (χ0) is 11.3. The predicted molar refractivity (Wildman–Crippen MR) is 67.0 cm³/mol. The van der Waals surface area contributed by atoms with Crippen LogP contribution in [0.3, 0.4) is 0 Å². The molecule has 0 atom stereocenters. The highest BCUT2D eigenvalue weighted by molar-refractivity contribution is 7.80. The lowest BCUT2D eigenvalue weighted by Crippen LogP contribution is -2.31. The molecular formula is C10H18N4S. The monoisotopic (exact) mass is 226 g/mol. The van der Waals surface area contributed by atoms with Crippen LogP contribution in [0.1, 0.15) is 20.8 Å². The second kappa shape index (κ2) is 5.70. The summed E-state index contributed by atoms with van der Waals surface area (Å²) in [4.78, 5) is 0. The predicted octanol–water partition coefficient (Wildman–Crippen LogP) is 1.85. The number of rotatable bonds is 4. The third-order valence-electron chi connectivity index (χ3n) is 1.88. The van der Waals surface area contributed by atoms with Gasteiger partial charge in [0.15, 0.2) is 10.9 Å². The van der Waals surface area contributed by atoms with E-state index < -0.39 is 0 Å². The van der Waals surface area contributed by atoms with Gasteiger partial charge in [-0.15, -0.1) is 0 Å². The highest BCUT2D eigenvalue weighted by Crippen LogP contribution is 2.01. The lowest BCUT2D eigenvalue weighted by molar-refractivity contribution is 0.626. The number of nitrogens with one attached hydrogen (secondary N) is 2. The van der Waals surface area contributed by atoms with E-state index >= 15 is 0 Å². The van der Waals surface area contributed by atoms with E-state index in [9.17, 15) is 0 Å². The molecule has 1 heterocycles. The standard InChI is InChI=1S/C10H18N4S/c1-4-14-6-5-9(13-14)12-10(15)11-7-8(2)3/h5-6,8H,4,7H2,1-3H3,(H2,11,12,13,15). The average Bonchev–Trinajstić information content (AvgIpc) is 2.62. The van der Waals surface area contributed by atoms with Crippen LogP contribution in [-0.2, 0) is 6.54 Å². The van der Waals surface area contributed by atoms with Crippen LogP contribution in [0, 0.1) is 5.92 Å². The van der Waals surface area contributed by atoms with Crippen molar-refractivity contribution in [1.29, 1.82) is 0 Å². The summed E-state index contributed by atoms with van der Waals surface area (Å²) in [6.07, 6.45) is 1.92. The SMILES string of the molecule is CCn1ccc(NC(=S)NCC(C)C)n1. The Kier molecular flexibility index (Phi) is 4.55. The first kappa shape index (κ1) is 12.0. The first-order valence-corrected chi connectivity index (χ1v) is 5.61. The van der Waals surface area contributed by atoms with Gasteiger partial charge in [0.05, 0.1) is 0 Å². The topological polar surface area (TPSA) is 41.9 Å². The summed E-state index contributed by atoms with van der Waals surface area (Å²) in [5.41, 5.74) is 0. The molecule has 1 aromatic rings. The number of thiocarbonyl (C=S) groups is 1. The van der Waals surface area contributed by atoms with Crippen molar-refractivity contribution < 1.29 is 0 Å². The van der Waals surface area contributed by atoms with Crippen molar-refractivity contribution in [3.63, 3.8) is 0 Å². The molecule has 5 heteroatoms. The zero-order valence-corrected chi connectivity index (χ0v) is 10.3. The fraction of sp³-hybridized carbons (Fsp3) is 0.600. The van der Waals surface area contributed by atoms with Crippen molar-refractivity contribution in [3.8, 4) is 0 Å². The number of anilines is 1. The van der Waals surface area contributed by atoms with E-state index in [-0.39, 0.29) is 0 Å². The molecule has 4 nitrogen and oxygen atoms in total. The molecule has 1 rings (SSSR count). The van der Waals surface area contributed by atoms with Gasteiger partial charge in [0.1, 0.15) is 0 Å². The van der Waals surface area contributed by atoms with Crippen LogP contribution in [0.15, 0.2) is 12.3 Å². The molecule has 1 aromatic heterocycles. The molecule has 0 fully saturated rings. The summed E-state index contributed by atoms with van der Waals surface area (Å²) < 4.78 is 1.85. The van der Waals surface area contributed by atoms with Crippen LogP contribution in [0.25, 0.3) is 0 Å². The summed E-state index contributed by atoms with van der Waals surface area (Å²) in [7, 11) is 0. The van der Waals surface area contributed by atoms with Gasteiger partial charge in [0, 0.05) is 25.4 Å². The first-order valence-electron chi connectivity index (χ1n) is 5.20. The zero-order valence-electron chi connectivity index (χ0n) is 9.45. The van der Waals surface area contributed by atoms with Gasteiger partial charge in [-0.25, -0.2) is 0 Å². The van der Waals surface area contributed by atoms with E-state index in [1.54, 1.807) is 0 Å². The summed E-state index contributed by atoms with van der Waals surface area (Å²) in [5.74, 6) is 1.37. The third kappa shape index (κ3) is 4.29. The Morgan fingerprint density at radius 1 is 1.60 bits per heavy atom. The summed E-state index contributed by atoms with van der Waals surface area (Å²) >= 11 is 5.13. The first-order chi connectivity index (χ1) is 7.11. The molecule has 2 N–H and O–H groups in total. The minimum absolute atomic E-state index is 0.581. The second-order valence-electron chi connectivity index (χ2n) is 3.79. The second-order valence-corrected chi connectivity index (χ2v) is 4.19. The fourth-order valence-electron chi connectivity index (χ4n) is 1.06. The fourth-order valence-corrected chi connectivity index (χ4v) is 1.25. The Morgan fingerprint density at radius 3 is 2.87 bits per heavy atom. The normalized spacial score (nSPS) is 10.4. The molecule has 0 aliphatic heterocycles. The van der Waals surface area contributed by atoms with E-state index in [1.165, 1.54) is 0 Å². The molecule has 0 unspecified atom stereocenters.